The van der Waals surface area contributed by atoms with E-state index in [1.54, 1.807) is 6.20 Å². The average Bonchev–Trinajstić information content (AvgIpc) is 3.46. The second-order valence-corrected chi connectivity index (χ2v) is 7.12. The molecule has 4 nitrogen and oxygen atoms in total. The van der Waals surface area contributed by atoms with Gasteiger partial charge in [0.05, 0.1) is 6.04 Å². The van der Waals surface area contributed by atoms with Gasteiger partial charge in [-0.3, -0.25) is 9.59 Å². The summed E-state index contributed by atoms with van der Waals surface area (Å²) >= 11 is 0. The number of hydrogen-bond acceptors (Lipinski definition) is 2. The van der Waals surface area contributed by atoms with Gasteiger partial charge in [0, 0.05) is 24.0 Å². The van der Waals surface area contributed by atoms with Crippen molar-refractivity contribution >= 4 is 16.7 Å². The maximum atomic E-state index is 13.1. The van der Waals surface area contributed by atoms with E-state index < -0.39 is 0 Å². The molecule has 1 fully saturated rings. The van der Waals surface area contributed by atoms with Crippen molar-refractivity contribution in [3.8, 4) is 0 Å². The molecule has 1 aromatic heterocycles. The van der Waals surface area contributed by atoms with Crippen molar-refractivity contribution in [3.05, 3.63) is 81.8 Å². The number of hydrogen-bond donors (Lipinski definition) is 1. The Morgan fingerprint density at radius 3 is 2.54 bits per heavy atom. The Balaban J connectivity index is 1.71. The highest BCUT2D eigenvalue weighted by Crippen LogP contribution is 2.36. The molecule has 4 rings (SSSR count). The Morgan fingerprint density at radius 2 is 1.85 bits per heavy atom. The molecule has 0 spiro atoms. The Bertz CT molecular complexity index is 1030. The summed E-state index contributed by atoms with van der Waals surface area (Å²) in [5.74, 6) is -0.186. The Labute approximate surface area is 152 Å². The minimum absolute atomic E-state index is 0.0830. The highest BCUT2D eigenvalue weighted by molar-refractivity contribution is 5.94. The number of aromatic nitrogens is 1. The molecule has 1 saturated carbocycles. The number of aromatic amines is 1. The molecule has 1 amide bonds. The first kappa shape index (κ1) is 16.6. The molecule has 2 aromatic carbocycles. The number of carbonyl (C=O) groups excluding carboxylic acids is 1. The predicted octanol–water partition coefficient (Wildman–Crippen LogP) is 4.20. The maximum absolute atomic E-state index is 13.1. The number of H-pyrrole nitrogens is 1. The van der Waals surface area contributed by atoms with Gasteiger partial charge in [0.15, 0.2) is 5.43 Å². The lowest BCUT2D eigenvalue weighted by Gasteiger charge is -2.30. The minimum atomic E-state index is -0.220. The van der Waals surface area contributed by atoms with E-state index in [0.29, 0.717) is 0 Å². The summed E-state index contributed by atoms with van der Waals surface area (Å²) in [6, 6.07) is 16.1. The fraction of sp³-hybridized carbons (Fsp3) is 0.273. The van der Waals surface area contributed by atoms with Gasteiger partial charge in [0.1, 0.15) is 5.56 Å². The first-order valence-electron chi connectivity index (χ1n) is 9.05. The monoisotopic (exact) mass is 346 g/mol. The van der Waals surface area contributed by atoms with Crippen molar-refractivity contribution in [2.24, 2.45) is 0 Å². The van der Waals surface area contributed by atoms with Gasteiger partial charge >= 0.3 is 0 Å². The standard InChI is InChI=1S/C22H22N2O2/c1-14-11-21(25)20(13-23-14)22(26)24(19-9-10-19)15(2)17-8-7-16-5-3-4-6-18(16)12-17/h3-8,11-13,15,19H,9-10H2,1-2H3,(H,23,25)/t15-/m1/s1. The molecule has 4 heteroatoms. The van der Waals surface area contributed by atoms with Crippen LogP contribution in [0.2, 0.25) is 0 Å². The zero-order valence-electron chi connectivity index (χ0n) is 15.0. The summed E-state index contributed by atoms with van der Waals surface area (Å²) in [6.07, 6.45) is 3.53. The summed E-state index contributed by atoms with van der Waals surface area (Å²) in [4.78, 5) is 30.3. The molecule has 1 atom stereocenters. The molecule has 0 radical (unpaired) electrons. The van der Waals surface area contributed by atoms with Crippen LogP contribution in [0.1, 0.15) is 47.4 Å². The number of amides is 1. The molecular formula is C22H22N2O2. The van der Waals surface area contributed by atoms with Crippen molar-refractivity contribution in [3.63, 3.8) is 0 Å². The molecule has 1 aliphatic rings. The zero-order chi connectivity index (χ0) is 18.3. The van der Waals surface area contributed by atoms with E-state index in [2.05, 4.69) is 35.3 Å². The van der Waals surface area contributed by atoms with E-state index in [-0.39, 0.29) is 29.0 Å². The van der Waals surface area contributed by atoms with Crippen LogP contribution in [0, 0.1) is 6.92 Å². The molecule has 0 saturated heterocycles. The number of carbonyl (C=O) groups is 1. The van der Waals surface area contributed by atoms with E-state index in [9.17, 15) is 9.59 Å². The van der Waals surface area contributed by atoms with Gasteiger partial charge in [-0.25, -0.2) is 0 Å². The number of nitrogens with zero attached hydrogens (tertiary/aromatic N) is 1. The number of pyridine rings is 1. The Kier molecular flexibility index (Phi) is 4.11. The number of aryl methyl sites for hydroxylation is 1. The van der Waals surface area contributed by atoms with Crippen LogP contribution >= 0.6 is 0 Å². The van der Waals surface area contributed by atoms with Crippen molar-refractivity contribution in [1.29, 1.82) is 0 Å². The van der Waals surface area contributed by atoms with E-state index in [1.807, 2.05) is 30.9 Å². The van der Waals surface area contributed by atoms with Crippen LogP contribution in [0.3, 0.4) is 0 Å². The predicted molar refractivity (Wildman–Crippen MR) is 103 cm³/mol. The lowest BCUT2D eigenvalue weighted by molar-refractivity contribution is 0.0672. The average molecular weight is 346 g/mol. The first-order valence-corrected chi connectivity index (χ1v) is 9.05. The van der Waals surface area contributed by atoms with Crippen LogP contribution < -0.4 is 5.43 Å². The second kappa shape index (κ2) is 6.45. The van der Waals surface area contributed by atoms with Crippen LogP contribution in [0.15, 0.2) is 59.5 Å². The molecule has 1 aliphatic carbocycles. The molecule has 1 heterocycles. The fourth-order valence-corrected chi connectivity index (χ4v) is 3.52. The van der Waals surface area contributed by atoms with Gasteiger partial charge < -0.3 is 9.88 Å². The lowest BCUT2D eigenvalue weighted by atomic mass is 10.0. The van der Waals surface area contributed by atoms with E-state index >= 15 is 0 Å². The highest BCUT2D eigenvalue weighted by atomic mass is 16.2. The van der Waals surface area contributed by atoms with Crippen LogP contribution in [-0.2, 0) is 0 Å². The Morgan fingerprint density at radius 1 is 1.12 bits per heavy atom. The van der Waals surface area contributed by atoms with Gasteiger partial charge in [-0.1, -0.05) is 36.4 Å². The number of nitrogens with one attached hydrogen (secondary N) is 1. The summed E-state index contributed by atoms with van der Waals surface area (Å²) in [6.45, 7) is 3.86. The van der Waals surface area contributed by atoms with Crippen molar-refractivity contribution in [2.75, 3.05) is 0 Å². The Hall–Kier alpha value is -2.88. The number of rotatable bonds is 4. The number of benzene rings is 2. The van der Waals surface area contributed by atoms with Crippen LogP contribution in [0.4, 0.5) is 0 Å². The smallest absolute Gasteiger partial charge is 0.260 e. The van der Waals surface area contributed by atoms with E-state index in [4.69, 9.17) is 0 Å². The summed E-state index contributed by atoms with van der Waals surface area (Å²) in [7, 11) is 0. The normalized spacial score (nSPS) is 15.0. The first-order chi connectivity index (χ1) is 12.5. The van der Waals surface area contributed by atoms with Gasteiger partial charge in [-0.2, -0.15) is 0 Å². The summed E-state index contributed by atoms with van der Waals surface area (Å²) in [5, 5.41) is 2.34. The topological polar surface area (TPSA) is 53.2 Å². The van der Waals surface area contributed by atoms with Gasteiger partial charge in [0.2, 0.25) is 0 Å². The van der Waals surface area contributed by atoms with Crippen molar-refractivity contribution in [1.82, 2.24) is 9.88 Å². The van der Waals surface area contributed by atoms with Gasteiger partial charge in [-0.05, 0) is 49.1 Å². The molecule has 132 valence electrons. The molecule has 1 N–H and O–H groups in total. The van der Waals surface area contributed by atoms with Crippen LogP contribution in [-0.4, -0.2) is 21.8 Å². The van der Waals surface area contributed by atoms with Gasteiger partial charge in [-0.15, -0.1) is 0 Å². The lowest BCUT2D eigenvalue weighted by Crippen LogP contribution is -2.38. The summed E-state index contributed by atoms with van der Waals surface area (Å²) < 4.78 is 0. The molecule has 0 unspecified atom stereocenters. The molecule has 26 heavy (non-hydrogen) atoms. The minimum Gasteiger partial charge on any atom is -0.364 e. The zero-order valence-corrected chi connectivity index (χ0v) is 15.0. The fourth-order valence-electron chi connectivity index (χ4n) is 3.52. The molecule has 3 aromatic rings. The molecular weight excluding hydrogens is 324 g/mol. The largest absolute Gasteiger partial charge is 0.364 e. The quantitative estimate of drug-likeness (QED) is 0.770. The molecule has 0 aliphatic heterocycles. The van der Waals surface area contributed by atoms with Crippen molar-refractivity contribution in [2.45, 2.75) is 38.8 Å². The summed E-state index contributed by atoms with van der Waals surface area (Å²) in [5.41, 5.74) is 1.84. The van der Waals surface area contributed by atoms with Crippen LogP contribution in [0.25, 0.3) is 10.8 Å². The van der Waals surface area contributed by atoms with Gasteiger partial charge in [0.25, 0.3) is 5.91 Å². The van der Waals surface area contributed by atoms with Crippen LogP contribution in [0.5, 0.6) is 0 Å². The third-order valence-electron chi connectivity index (χ3n) is 5.14. The third kappa shape index (κ3) is 3.03. The highest BCUT2D eigenvalue weighted by Gasteiger charge is 2.37. The van der Waals surface area contributed by atoms with E-state index in [0.717, 1.165) is 29.5 Å². The SMILES string of the molecule is Cc1cc(=O)c(C(=O)N(C2CC2)[C@H](C)c2ccc3ccccc3c2)c[nH]1. The second-order valence-electron chi connectivity index (χ2n) is 7.12. The third-order valence-corrected chi connectivity index (χ3v) is 5.14. The number of fused-ring (bicyclic) bond motifs is 1. The molecule has 0 bridgehead atoms. The van der Waals surface area contributed by atoms with E-state index in [1.165, 1.54) is 11.5 Å². The maximum Gasteiger partial charge on any atom is 0.260 e. The van der Waals surface area contributed by atoms with Crippen molar-refractivity contribution < 1.29 is 4.79 Å².